The predicted octanol–water partition coefficient (Wildman–Crippen LogP) is -1.54. The molecule has 1 aliphatic rings. The van der Waals surface area contributed by atoms with Crippen LogP contribution in [-0.2, 0) is 9.84 Å². The minimum atomic E-state index is -2.95. The van der Waals surface area contributed by atoms with Gasteiger partial charge in [-0.25, -0.2) is 8.42 Å². The Hall–Kier alpha value is -0.130. The van der Waals surface area contributed by atoms with Gasteiger partial charge in [0.1, 0.15) is 0 Å². The lowest BCUT2D eigenvalue weighted by molar-refractivity contribution is 0.592. The van der Waals surface area contributed by atoms with Crippen molar-refractivity contribution in [2.24, 2.45) is 11.5 Å². The van der Waals surface area contributed by atoms with Crippen molar-refractivity contribution in [2.45, 2.75) is 17.2 Å². The molecule has 1 saturated carbocycles. The predicted molar refractivity (Wildman–Crippen MR) is 39.2 cm³/mol. The Morgan fingerprint density at radius 2 is 2.20 bits per heavy atom. The minimum Gasteiger partial charge on any atom is -0.329 e. The second kappa shape index (κ2) is 1.93. The van der Waals surface area contributed by atoms with Crippen LogP contribution in [-0.4, -0.2) is 32.0 Å². The van der Waals surface area contributed by atoms with Crippen molar-refractivity contribution in [3.8, 4) is 0 Å². The standard InChI is InChI=1S/C5H12N2O2S/c1-10(8,9)4-2-5(4,7)3-6/h4H,2-3,6-7H2,1H3/t4-,5-/m1/s1. The van der Waals surface area contributed by atoms with Crippen molar-refractivity contribution in [3.05, 3.63) is 0 Å². The molecular weight excluding hydrogens is 152 g/mol. The van der Waals surface area contributed by atoms with E-state index in [1.807, 2.05) is 0 Å². The van der Waals surface area contributed by atoms with Gasteiger partial charge in [0.2, 0.25) is 0 Å². The highest BCUT2D eigenvalue weighted by molar-refractivity contribution is 7.91. The zero-order valence-corrected chi connectivity index (χ0v) is 6.69. The molecule has 1 aliphatic carbocycles. The Labute approximate surface area is 60.5 Å². The number of sulfone groups is 1. The summed E-state index contributed by atoms with van der Waals surface area (Å²) in [6, 6.07) is 0. The topological polar surface area (TPSA) is 86.2 Å². The lowest BCUT2D eigenvalue weighted by atomic mass is 10.3. The van der Waals surface area contributed by atoms with E-state index < -0.39 is 20.6 Å². The Morgan fingerprint density at radius 1 is 1.70 bits per heavy atom. The maximum atomic E-state index is 10.8. The molecule has 60 valence electrons. The third-order valence-corrected chi connectivity index (χ3v) is 3.61. The monoisotopic (exact) mass is 164 g/mol. The van der Waals surface area contributed by atoms with Gasteiger partial charge in [0.25, 0.3) is 0 Å². The van der Waals surface area contributed by atoms with Crippen LogP contribution in [0.3, 0.4) is 0 Å². The molecule has 2 atom stereocenters. The molecule has 1 rings (SSSR count). The fraction of sp³-hybridized carbons (Fsp3) is 1.00. The quantitative estimate of drug-likeness (QED) is 0.518. The highest BCUT2D eigenvalue weighted by Crippen LogP contribution is 2.37. The first-order chi connectivity index (χ1) is 4.40. The zero-order valence-electron chi connectivity index (χ0n) is 5.87. The van der Waals surface area contributed by atoms with Crippen LogP contribution < -0.4 is 11.5 Å². The van der Waals surface area contributed by atoms with Crippen LogP contribution in [0.4, 0.5) is 0 Å². The molecule has 10 heavy (non-hydrogen) atoms. The lowest BCUT2D eigenvalue weighted by Gasteiger charge is -2.04. The van der Waals surface area contributed by atoms with Gasteiger partial charge in [-0.05, 0) is 6.42 Å². The minimum absolute atomic E-state index is 0.255. The normalized spacial score (nSPS) is 39.7. The van der Waals surface area contributed by atoms with Crippen molar-refractivity contribution < 1.29 is 8.42 Å². The SMILES string of the molecule is CS(=O)(=O)[C@@H]1C[C@@]1(N)CN. The van der Waals surface area contributed by atoms with Crippen LogP contribution in [0.1, 0.15) is 6.42 Å². The average Bonchev–Trinajstić information content (AvgIpc) is 2.43. The summed E-state index contributed by atoms with van der Waals surface area (Å²) in [5, 5.41) is -0.398. The van der Waals surface area contributed by atoms with Gasteiger partial charge in [0.05, 0.1) is 5.25 Å². The van der Waals surface area contributed by atoms with Crippen molar-refractivity contribution >= 4 is 9.84 Å². The molecule has 0 unspecified atom stereocenters. The molecule has 0 aromatic heterocycles. The lowest BCUT2D eigenvalue weighted by Crippen LogP contribution is -2.37. The van der Waals surface area contributed by atoms with Crippen LogP contribution in [0, 0.1) is 0 Å². The second-order valence-corrected chi connectivity index (χ2v) is 5.19. The van der Waals surface area contributed by atoms with Gasteiger partial charge in [-0.1, -0.05) is 0 Å². The molecule has 0 aromatic rings. The number of nitrogens with two attached hydrogens (primary N) is 2. The number of rotatable bonds is 2. The molecule has 0 heterocycles. The van der Waals surface area contributed by atoms with E-state index in [1.54, 1.807) is 0 Å². The first-order valence-electron chi connectivity index (χ1n) is 3.08. The van der Waals surface area contributed by atoms with Crippen LogP contribution >= 0.6 is 0 Å². The van der Waals surface area contributed by atoms with Gasteiger partial charge in [0, 0.05) is 18.3 Å². The van der Waals surface area contributed by atoms with Crippen molar-refractivity contribution in [1.82, 2.24) is 0 Å². The Kier molecular flexibility index (Phi) is 1.54. The molecule has 4 N–H and O–H groups in total. The van der Waals surface area contributed by atoms with E-state index in [9.17, 15) is 8.42 Å². The van der Waals surface area contributed by atoms with Crippen molar-refractivity contribution in [1.29, 1.82) is 0 Å². The Balaban J connectivity index is 2.71. The summed E-state index contributed by atoms with van der Waals surface area (Å²) < 4.78 is 21.7. The molecule has 0 spiro atoms. The van der Waals surface area contributed by atoms with Crippen molar-refractivity contribution in [3.63, 3.8) is 0 Å². The molecule has 0 aliphatic heterocycles. The maximum absolute atomic E-state index is 10.8. The molecule has 0 saturated heterocycles. The molecule has 0 radical (unpaired) electrons. The highest BCUT2D eigenvalue weighted by Gasteiger charge is 2.56. The van der Waals surface area contributed by atoms with Gasteiger partial charge in [-0.3, -0.25) is 0 Å². The number of hydrogen-bond donors (Lipinski definition) is 2. The first kappa shape index (κ1) is 7.97. The number of hydrogen-bond acceptors (Lipinski definition) is 4. The summed E-state index contributed by atoms with van der Waals surface area (Å²) in [6.45, 7) is 0.255. The molecule has 1 fully saturated rings. The molecule has 0 amide bonds. The van der Waals surface area contributed by atoms with E-state index in [4.69, 9.17) is 11.5 Å². The van der Waals surface area contributed by atoms with Gasteiger partial charge in [-0.2, -0.15) is 0 Å². The van der Waals surface area contributed by atoms with Gasteiger partial charge in [-0.15, -0.1) is 0 Å². The summed E-state index contributed by atoms with van der Waals surface area (Å²) in [7, 11) is -2.95. The fourth-order valence-corrected chi connectivity index (χ4v) is 2.64. The van der Waals surface area contributed by atoms with Crippen LogP contribution in [0.25, 0.3) is 0 Å². The van der Waals surface area contributed by atoms with Gasteiger partial charge < -0.3 is 11.5 Å². The van der Waals surface area contributed by atoms with E-state index in [1.165, 1.54) is 6.26 Å². The van der Waals surface area contributed by atoms with Crippen LogP contribution in [0.5, 0.6) is 0 Å². The molecule has 0 aromatic carbocycles. The summed E-state index contributed by atoms with van der Waals surface area (Å²) >= 11 is 0. The average molecular weight is 164 g/mol. The van der Waals surface area contributed by atoms with E-state index >= 15 is 0 Å². The summed E-state index contributed by atoms with van der Waals surface area (Å²) in [5.74, 6) is 0. The highest BCUT2D eigenvalue weighted by atomic mass is 32.2. The zero-order chi connectivity index (χ0) is 7.99. The molecule has 5 heteroatoms. The van der Waals surface area contributed by atoms with E-state index in [0.29, 0.717) is 6.42 Å². The summed E-state index contributed by atoms with van der Waals surface area (Å²) in [5.41, 5.74) is 10.2. The Bertz CT molecular complexity index is 236. The summed E-state index contributed by atoms with van der Waals surface area (Å²) in [6.07, 6.45) is 1.71. The summed E-state index contributed by atoms with van der Waals surface area (Å²) in [4.78, 5) is 0. The van der Waals surface area contributed by atoms with E-state index in [0.717, 1.165) is 0 Å². The van der Waals surface area contributed by atoms with Gasteiger partial charge >= 0.3 is 0 Å². The largest absolute Gasteiger partial charge is 0.329 e. The van der Waals surface area contributed by atoms with E-state index in [2.05, 4.69) is 0 Å². The van der Waals surface area contributed by atoms with E-state index in [-0.39, 0.29) is 6.54 Å². The molecule has 4 nitrogen and oxygen atoms in total. The first-order valence-corrected chi connectivity index (χ1v) is 5.03. The fourth-order valence-electron chi connectivity index (χ4n) is 1.08. The Morgan fingerprint density at radius 3 is 2.30 bits per heavy atom. The van der Waals surface area contributed by atoms with Gasteiger partial charge in [0.15, 0.2) is 9.84 Å². The maximum Gasteiger partial charge on any atom is 0.152 e. The van der Waals surface area contributed by atoms with Crippen molar-refractivity contribution in [2.75, 3.05) is 12.8 Å². The third kappa shape index (κ3) is 1.16. The third-order valence-electron chi connectivity index (χ3n) is 1.94. The van der Waals surface area contributed by atoms with Crippen LogP contribution in [0.15, 0.2) is 0 Å². The smallest absolute Gasteiger partial charge is 0.152 e. The van der Waals surface area contributed by atoms with Crippen LogP contribution in [0.2, 0.25) is 0 Å². The second-order valence-electron chi connectivity index (χ2n) is 2.96. The molecular formula is C5H12N2O2S. The molecule has 0 bridgehead atoms.